The average Bonchev–Trinajstić information content (AvgIpc) is 2.28. The van der Waals surface area contributed by atoms with E-state index < -0.39 is 5.82 Å². The van der Waals surface area contributed by atoms with Crippen LogP contribution in [-0.2, 0) is 0 Å². The average molecular weight is 236 g/mol. The molecule has 0 aliphatic rings. The highest BCUT2D eigenvalue weighted by Gasteiger charge is 2.18. The van der Waals surface area contributed by atoms with Crippen LogP contribution in [0.5, 0.6) is 0 Å². The van der Waals surface area contributed by atoms with Crippen molar-refractivity contribution >= 4 is 11.6 Å². The number of benzene rings is 1. The van der Waals surface area contributed by atoms with Crippen molar-refractivity contribution in [3.05, 3.63) is 41.7 Å². The van der Waals surface area contributed by atoms with Crippen LogP contribution in [0.3, 0.4) is 0 Å². The quantitative estimate of drug-likeness (QED) is 0.644. The molecule has 0 saturated heterocycles. The Hall–Kier alpha value is -1.84. The zero-order valence-corrected chi connectivity index (χ0v) is 10.2. The smallest absolute Gasteiger partial charge is 0.256 e. The lowest BCUT2D eigenvalue weighted by Crippen LogP contribution is -2.32. The highest BCUT2D eigenvalue weighted by Crippen LogP contribution is 2.18. The van der Waals surface area contributed by atoms with Crippen molar-refractivity contribution in [2.45, 2.75) is 13.8 Å². The van der Waals surface area contributed by atoms with E-state index in [0.717, 1.165) is 5.57 Å². The molecule has 0 radical (unpaired) electrons. The molecule has 1 rings (SSSR count). The standard InChI is InChI=1S/C13H17FN2O/c1-4-16(8-9(2)3)13(17)10-6-5-7-11(14)12(10)15/h5-7H,2,4,8,15H2,1,3H3. The van der Waals surface area contributed by atoms with Crippen LogP contribution in [0.2, 0.25) is 0 Å². The van der Waals surface area contributed by atoms with E-state index in [1.54, 1.807) is 4.90 Å². The number of amides is 1. The minimum Gasteiger partial charge on any atom is -0.396 e. The summed E-state index contributed by atoms with van der Waals surface area (Å²) in [4.78, 5) is 13.7. The Morgan fingerprint density at radius 1 is 1.53 bits per heavy atom. The number of halogens is 1. The number of anilines is 1. The maximum absolute atomic E-state index is 13.3. The summed E-state index contributed by atoms with van der Waals surface area (Å²) in [6.07, 6.45) is 0. The molecule has 0 unspecified atom stereocenters. The van der Waals surface area contributed by atoms with Gasteiger partial charge in [-0.15, -0.1) is 0 Å². The van der Waals surface area contributed by atoms with Crippen molar-refractivity contribution < 1.29 is 9.18 Å². The third-order valence-corrected chi connectivity index (χ3v) is 2.41. The molecular formula is C13H17FN2O. The second kappa shape index (κ2) is 5.48. The van der Waals surface area contributed by atoms with Crippen LogP contribution >= 0.6 is 0 Å². The largest absolute Gasteiger partial charge is 0.396 e. The summed E-state index contributed by atoms with van der Waals surface area (Å²) in [5, 5.41) is 0. The van der Waals surface area contributed by atoms with Gasteiger partial charge in [-0.3, -0.25) is 4.79 Å². The summed E-state index contributed by atoms with van der Waals surface area (Å²) in [7, 11) is 0. The Balaban J connectivity index is 3.02. The SMILES string of the molecule is C=C(C)CN(CC)C(=O)c1cccc(F)c1N. The molecule has 0 saturated carbocycles. The van der Waals surface area contributed by atoms with Crippen LogP contribution in [0, 0.1) is 5.82 Å². The number of hydrogen-bond acceptors (Lipinski definition) is 2. The van der Waals surface area contributed by atoms with Gasteiger partial charge in [-0.2, -0.15) is 0 Å². The highest BCUT2D eigenvalue weighted by atomic mass is 19.1. The molecule has 0 aliphatic carbocycles. The van der Waals surface area contributed by atoms with Crippen LogP contribution in [-0.4, -0.2) is 23.9 Å². The lowest BCUT2D eigenvalue weighted by molar-refractivity contribution is 0.0779. The molecule has 1 aromatic carbocycles. The summed E-state index contributed by atoms with van der Waals surface area (Å²) in [6.45, 7) is 8.43. The van der Waals surface area contributed by atoms with Crippen molar-refractivity contribution in [3.8, 4) is 0 Å². The number of carbonyl (C=O) groups is 1. The number of hydrogen-bond donors (Lipinski definition) is 1. The maximum atomic E-state index is 13.3. The number of rotatable bonds is 4. The lowest BCUT2D eigenvalue weighted by atomic mass is 10.1. The molecule has 0 atom stereocenters. The molecule has 0 spiro atoms. The molecular weight excluding hydrogens is 219 g/mol. The first kappa shape index (κ1) is 13.2. The fourth-order valence-corrected chi connectivity index (χ4v) is 1.55. The van der Waals surface area contributed by atoms with Crippen molar-refractivity contribution in [3.63, 3.8) is 0 Å². The van der Waals surface area contributed by atoms with Crippen LogP contribution in [0.25, 0.3) is 0 Å². The minimum absolute atomic E-state index is 0.0994. The number of likely N-dealkylation sites (N-methyl/N-ethyl adjacent to an activating group) is 1. The first-order valence-corrected chi connectivity index (χ1v) is 5.45. The summed E-state index contributed by atoms with van der Waals surface area (Å²) in [5.41, 5.74) is 6.53. The minimum atomic E-state index is -0.567. The van der Waals surface area contributed by atoms with E-state index in [-0.39, 0.29) is 17.2 Å². The number of carbonyl (C=O) groups excluding carboxylic acids is 1. The molecule has 2 N–H and O–H groups in total. The topological polar surface area (TPSA) is 46.3 Å². The van der Waals surface area contributed by atoms with E-state index in [9.17, 15) is 9.18 Å². The number of nitrogens with two attached hydrogens (primary N) is 1. The first-order chi connectivity index (χ1) is 7.97. The van der Waals surface area contributed by atoms with Gasteiger partial charge in [0.1, 0.15) is 5.82 Å². The molecule has 1 aromatic rings. The lowest BCUT2D eigenvalue weighted by Gasteiger charge is -2.21. The third kappa shape index (κ3) is 3.06. The fraction of sp³-hybridized carbons (Fsp3) is 0.308. The van der Waals surface area contributed by atoms with Gasteiger partial charge in [0.05, 0.1) is 11.3 Å². The molecule has 3 nitrogen and oxygen atoms in total. The first-order valence-electron chi connectivity index (χ1n) is 5.45. The van der Waals surface area contributed by atoms with E-state index >= 15 is 0 Å². The Morgan fingerprint density at radius 2 is 2.18 bits per heavy atom. The molecule has 0 fully saturated rings. The van der Waals surface area contributed by atoms with Crippen molar-refractivity contribution in [2.24, 2.45) is 0 Å². The van der Waals surface area contributed by atoms with Gasteiger partial charge in [0, 0.05) is 13.1 Å². The molecule has 0 aromatic heterocycles. The van der Waals surface area contributed by atoms with Crippen molar-refractivity contribution in [1.82, 2.24) is 4.90 Å². The van der Waals surface area contributed by atoms with Gasteiger partial charge in [0.2, 0.25) is 0 Å². The summed E-state index contributed by atoms with van der Waals surface area (Å²) >= 11 is 0. The van der Waals surface area contributed by atoms with E-state index in [1.807, 2.05) is 13.8 Å². The normalized spacial score (nSPS) is 10.1. The highest BCUT2D eigenvalue weighted by molar-refractivity contribution is 5.99. The van der Waals surface area contributed by atoms with Crippen LogP contribution in [0.15, 0.2) is 30.4 Å². The van der Waals surface area contributed by atoms with Gasteiger partial charge in [0.25, 0.3) is 5.91 Å². The summed E-state index contributed by atoms with van der Waals surface area (Å²) in [5.74, 6) is -0.838. The van der Waals surface area contributed by atoms with Crippen LogP contribution in [0.4, 0.5) is 10.1 Å². The van der Waals surface area contributed by atoms with Gasteiger partial charge < -0.3 is 10.6 Å². The maximum Gasteiger partial charge on any atom is 0.256 e. The van der Waals surface area contributed by atoms with Gasteiger partial charge in [-0.25, -0.2) is 4.39 Å². The van der Waals surface area contributed by atoms with Gasteiger partial charge in [-0.05, 0) is 26.0 Å². The van der Waals surface area contributed by atoms with Gasteiger partial charge in [0.15, 0.2) is 0 Å². The summed E-state index contributed by atoms with van der Waals surface area (Å²) < 4.78 is 13.3. The second-order valence-electron chi connectivity index (χ2n) is 3.98. The Bertz CT molecular complexity index is 443. The third-order valence-electron chi connectivity index (χ3n) is 2.41. The predicted octanol–water partition coefficient (Wildman–Crippen LogP) is 2.45. The zero-order valence-electron chi connectivity index (χ0n) is 10.2. The van der Waals surface area contributed by atoms with Crippen LogP contribution < -0.4 is 5.73 Å². The van der Waals surface area contributed by atoms with Crippen LogP contribution in [0.1, 0.15) is 24.2 Å². The van der Waals surface area contributed by atoms with Crippen molar-refractivity contribution in [1.29, 1.82) is 0 Å². The molecule has 4 heteroatoms. The Labute approximate surface area is 101 Å². The predicted molar refractivity (Wildman–Crippen MR) is 67.2 cm³/mol. The van der Waals surface area contributed by atoms with E-state index in [2.05, 4.69) is 6.58 Å². The molecule has 1 amide bonds. The molecule has 0 aliphatic heterocycles. The molecule has 17 heavy (non-hydrogen) atoms. The number of nitrogen functional groups attached to an aromatic ring is 1. The van der Waals surface area contributed by atoms with E-state index in [1.165, 1.54) is 18.2 Å². The molecule has 92 valence electrons. The zero-order chi connectivity index (χ0) is 13.0. The second-order valence-corrected chi connectivity index (χ2v) is 3.98. The summed E-state index contributed by atoms with van der Waals surface area (Å²) in [6, 6.07) is 4.25. The van der Waals surface area contributed by atoms with E-state index in [0.29, 0.717) is 13.1 Å². The van der Waals surface area contributed by atoms with Gasteiger partial charge >= 0.3 is 0 Å². The van der Waals surface area contributed by atoms with E-state index in [4.69, 9.17) is 5.73 Å². The number of nitrogens with zero attached hydrogens (tertiary/aromatic N) is 1. The van der Waals surface area contributed by atoms with Gasteiger partial charge in [-0.1, -0.05) is 18.2 Å². The van der Waals surface area contributed by atoms with Crippen molar-refractivity contribution in [2.75, 3.05) is 18.8 Å². The number of para-hydroxylation sites is 1. The Morgan fingerprint density at radius 3 is 2.71 bits per heavy atom. The molecule has 0 heterocycles. The fourth-order valence-electron chi connectivity index (χ4n) is 1.55. The Kier molecular flexibility index (Phi) is 4.26. The molecule has 0 bridgehead atoms. The monoisotopic (exact) mass is 236 g/mol.